The molecule has 0 radical (unpaired) electrons. The molecule has 0 aliphatic heterocycles. The average Bonchev–Trinajstić information content (AvgIpc) is 2.45. The van der Waals surface area contributed by atoms with Crippen LogP contribution in [-0.2, 0) is 16.0 Å². The highest BCUT2D eigenvalue weighted by molar-refractivity contribution is 7.80. The van der Waals surface area contributed by atoms with Crippen LogP contribution < -0.4 is 0 Å². The maximum absolute atomic E-state index is 12.3. The van der Waals surface area contributed by atoms with Crippen LogP contribution >= 0.6 is 12.6 Å². The molecule has 1 rings (SSSR count). The van der Waals surface area contributed by atoms with Crippen molar-refractivity contribution >= 4 is 24.7 Å². The molecule has 5 nitrogen and oxygen atoms in total. The van der Waals surface area contributed by atoms with Gasteiger partial charge in [-0.2, -0.15) is 12.6 Å². The van der Waals surface area contributed by atoms with Gasteiger partial charge in [-0.15, -0.1) is 0 Å². The normalized spacial score (nSPS) is 12.5. The molecule has 0 bridgehead atoms. The number of ether oxygens (including phenoxy) is 1. The third-order valence-electron chi connectivity index (χ3n) is 3.17. The molecular weight excluding hydrogens is 314 g/mol. The lowest BCUT2D eigenvalue weighted by atomic mass is 10.1. The van der Waals surface area contributed by atoms with Crippen LogP contribution in [-0.4, -0.2) is 46.0 Å². The molecule has 0 unspecified atom stereocenters. The number of hydrogen-bond acceptors (Lipinski definition) is 4. The number of carboxylic acid groups (broad SMARTS) is 1. The van der Waals surface area contributed by atoms with Crippen LogP contribution in [0.4, 0.5) is 4.79 Å². The summed E-state index contributed by atoms with van der Waals surface area (Å²) in [7, 11) is 0. The van der Waals surface area contributed by atoms with Crippen LogP contribution in [0.3, 0.4) is 0 Å². The first-order chi connectivity index (χ1) is 10.7. The van der Waals surface area contributed by atoms with Gasteiger partial charge in [-0.3, -0.25) is 4.90 Å². The number of aryl methyl sites for hydroxylation is 1. The van der Waals surface area contributed by atoms with Gasteiger partial charge < -0.3 is 9.84 Å². The van der Waals surface area contributed by atoms with E-state index in [1.165, 1.54) is 4.90 Å². The van der Waals surface area contributed by atoms with Crippen molar-refractivity contribution in [3.63, 3.8) is 0 Å². The number of carbonyl (C=O) groups is 2. The second kappa shape index (κ2) is 8.82. The van der Waals surface area contributed by atoms with Gasteiger partial charge in [0, 0.05) is 12.3 Å². The minimum Gasteiger partial charge on any atom is -0.480 e. The monoisotopic (exact) mass is 339 g/mol. The zero-order valence-electron chi connectivity index (χ0n) is 13.9. The van der Waals surface area contributed by atoms with E-state index in [4.69, 9.17) is 4.74 Å². The number of aliphatic carboxylic acids is 1. The van der Waals surface area contributed by atoms with Gasteiger partial charge in [0.2, 0.25) is 0 Å². The van der Waals surface area contributed by atoms with Gasteiger partial charge >= 0.3 is 12.1 Å². The second-order valence-corrected chi connectivity index (χ2v) is 6.66. The van der Waals surface area contributed by atoms with Crippen LogP contribution in [0.1, 0.15) is 32.8 Å². The van der Waals surface area contributed by atoms with Crippen molar-refractivity contribution in [3.05, 3.63) is 35.9 Å². The van der Waals surface area contributed by atoms with Gasteiger partial charge in [0.25, 0.3) is 0 Å². The van der Waals surface area contributed by atoms with Crippen molar-refractivity contribution in [2.75, 3.05) is 12.3 Å². The molecule has 6 heteroatoms. The fourth-order valence-electron chi connectivity index (χ4n) is 2.10. The van der Waals surface area contributed by atoms with Crippen LogP contribution in [0, 0.1) is 0 Å². The first kappa shape index (κ1) is 19.4. The Kier molecular flexibility index (Phi) is 7.42. The number of carboxylic acids is 1. The second-order valence-electron chi connectivity index (χ2n) is 6.30. The summed E-state index contributed by atoms with van der Waals surface area (Å²) in [5.41, 5.74) is 0.475. The summed E-state index contributed by atoms with van der Waals surface area (Å²) in [6, 6.07) is 8.86. The fourth-order valence-corrected chi connectivity index (χ4v) is 2.46. The average molecular weight is 339 g/mol. The van der Waals surface area contributed by atoms with E-state index in [0.717, 1.165) is 12.0 Å². The molecule has 128 valence electrons. The molecule has 0 aliphatic carbocycles. The number of amides is 1. The molecule has 1 amide bonds. The van der Waals surface area contributed by atoms with Crippen LogP contribution in [0.25, 0.3) is 0 Å². The molecule has 0 heterocycles. The summed E-state index contributed by atoms with van der Waals surface area (Å²) < 4.78 is 5.33. The summed E-state index contributed by atoms with van der Waals surface area (Å²) in [4.78, 5) is 24.9. The summed E-state index contributed by atoms with van der Waals surface area (Å²) in [5.74, 6) is -1.04. The molecule has 1 atom stereocenters. The maximum Gasteiger partial charge on any atom is 0.411 e. The minimum atomic E-state index is -1.08. The van der Waals surface area contributed by atoms with Crippen molar-refractivity contribution in [2.24, 2.45) is 0 Å². The molecule has 1 aromatic carbocycles. The topological polar surface area (TPSA) is 66.8 Å². The summed E-state index contributed by atoms with van der Waals surface area (Å²) in [6.07, 6.45) is 0.798. The van der Waals surface area contributed by atoms with Gasteiger partial charge in [0.15, 0.2) is 0 Å². The van der Waals surface area contributed by atoms with Gasteiger partial charge in [0.1, 0.15) is 11.6 Å². The predicted octanol–water partition coefficient (Wildman–Crippen LogP) is 3.24. The maximum atomic E-state index is 12.3. The standard InChI is InChI=1S/C17H25NO4S/c1-17(2,3)22-16(21)18(14(12-23)15(19)20)11-7-10-13-8-5-4-6-9-13/h4-6,8-9,14,23H,7,10-12H2,1-3H3,(H,19,20)/t14-/m1/s1. The van der Waals surface area contributed by atoms with Crippen molar-refractivity contribution in [3.8, 4) is 0 Å². The highest BCUT2D eigenvalue weighted by Crippen LogP contribution is 2.14. The van der Waals surface area contributed by atoms with Crippen molar-refractivity contribution in [1.82, 2.24) is 4.90 Å². The number of rotatable bonds is 7. The highest BCUT2D eigenvalue weighted by Gasteiger charge is 2.31. The molecule has 23 heavy (non-hydrogen) atoms. The van der Waals surface area contributed by atoms with E-state index in [1.807, 2.05) is 30.3 Å². The molecule has 0 aliphatic rings. The van der Waals surface area contributed by atoms with Gasteiger partial charge in [0.05, 0.1) is 0 Å². The Labute approximate surface area is 143 Å². The van der Waals surface area contributed by atoms with Crippen LogP contribution in [0.2, 0.25) is 0 Å². The Bertz CT molecular complexity index is 513. The van der Waals surface area contributed by atoms with E-state index in [0.29, 0.717) is 13.0 Å². The predicted molar refractivity (Wildman–Crippen MR) is 93.0 cm³/mol. The van der Waals surface area contributed by atoms with Crippen molar-refractivity contribution in [2.45, 2.75) is 45.3 Å². The number of carbonyl (C=O) groups excluding carboxylic acids is 1. The van der Waals surface area contributed by atoms with E-state index in [1.54, 1.807) is 20.8 Å². The zero-order chi connectivity index (χ0) is 17.5. The highest BCUT2D eigenvalue weighted by atomic mass is 32.1. The largest absolute Gasteiger partial charge is 0.480 e. The zero-order valence-corrected chi connectivity index (χ0v) is 14.8. The Morgan fingerprint density at radius 2 is 1.87 bits per heavy atom. The smallest absolute Gasteiger partial charge is 0.411 e. The van der Waals surface area contributed by atoms with Crippen molar-refractivity contribution < 1.29 is 19.4 Å². The third-order valence-corrected chi connectivity index (χ3v) is 3.52. The molecular formula is C17H25NO4S. The van der Waals surface area contributed by atoms with Crippen LogP contribution in [0.5, 0.6) is 0 Å². The van der Waals surface area contributed by atoms with E-state index in [9.17, 15) is 14.7 Å². The molecule has 1 N–H and O–H groups in total. The molecule has 0 aromatic heterocycles. The first-order valence-electron chi connectivity index (χ1n) is 7.62. The van der Waals surface area contributed by atoms with E-state index in [-0.39, 0.29) is 5.75 Å². The summed E-state index contributed by atoms with van der Waals surface area (Å²) in [5, 5.41) is 9.31. The lowest BCUT2D eigenvalue weighted by Crippen LogP contribution is -2.48. The molecule has 0 saturated heterocycles. The molecule has 0 spiro atoms. The molecule has 1 aromatic rings. The quantitative estimate of drug-likeness (QED) is 0.749. The fraction of sp³-hybridized carbons (Fsp3) is 0.529. The first-order valence-corrected chi connectivity index (χ1v) is 8.25. The molecule has 0 fully saturated rings. The van der Waals surface area contributed by atoms with Crippen molar-refractivity contribution in [1.29, 1.82) is 0 Å². The SMILES string of the molecule is CC(C)(C)OC(=O)N(CCCc1ccccc1)[C@H](CS)C(=O)O. The minimum absolute atomic E-state index is 0.0416. The lowest BCUT2D eigenvalue weighted by Gasteiger charge is -2.30. The lowest BCUT2D eigenvalue weighted by molar-refractivity contribution is -0.142. The van der Waals surface area contributed by atoms with E-state index >= 15 is 0 Å². The summed E-state index contributed by atoms with van der Waals surface area (Å²) >= 11 is 4.06. The Balaban J connectivity index is 2.74. The third kappa shape index (κ3) is 6.95. The van der Waals surface area contributed by atoms with Gasteiger partial charge in [-0.05, 0) is 39.2 Å². The van der Waals surface area contributed by atoms with Gasteiger partial charge in [-0.25, -0.2) is 9.59 Å². The number of nitrogens with zero attached hydrogens (tertiary/aromatic N) is 1. The number of thiol groups is 1. The van der Waals surface area contributed by atoms with E-state index < -0.39 is 23.7 Å². The van der Waals surface area contributed by atoms with E-state index in [2.05, 4.69) is 12.6 Å². The van der Waals surface area contributed by atoms with Crippen LogP contribution in [0.15, 0.2) is 30.3 Å². The Morgan fingerprint density at radius 3 is 2.35 bits per heavy atom. The number of hydrogen-bond donors (Lipinski definition) is 2. The Hall–Kier alpha value is -1.69. The summed E-state index contributed by atoms with van der Waals surface area (Å²) in [6.45, 7) is 5.57. The van der Waals surface area contributed by atoms with Gasteiger partial charge in [-0.1, -0.05) is 30.3 Å². The Morgan fingerprint density at radius 1 is 1.26 bits per heavy atom. The number of benzene rings is 1. The molecule has 0 saturated carbocycles.